The maximum Gasteiger partial charge on any atom is 0.255 e. The summed E-state index contributed by atoms with van der Waals surface area (Å²) < 4.78 is 11.5. The monoisotopic (exact) mass is 437 g/mol. The van der Waals surface area contributed by atoms with Gasteiger partial charge in [0.2, 0.25) is 0 Å². The summed E-state index contributed by atoms with van der Waals surface area (Å²) in [6, 6.07) is 23.0. The molecule has 1 amide bonds. The second-order valence-corrected chi connectivity index (χ2v) is 8.02. The van der Waals surface area contributed by atoms with Crippen LogP contribution < -0.4 is 14.8 Å². The van der Waals surface area contributed by atoms with E-state index in [1.165, 1.54) is 5.56 Å². The third kappa shape index (κ3) is 7.34. The molecule has 0 aromatic heterocycles. The van der Waals surface area contributed by atoms with Gasteiger partial charge >= 0.3 is 0 Å². The number of aryl methyl sites for hydroxylation is 1. The number of hydrogen-bond acceptors (Lipinski definition) is 3. The summed E-state index contributed by atoms with van der Waals surface area (Å²) in [7, 11) is 0. The third-order valence-corrected chi connectivity index (χ3v) is 4.88. The molecule has 5 heteroatoms. The summed E-state index contributed by atoms with van der Waals surface area (Å²) in [4.78, 5) is 12.7. The fourth-order valence-electron chi connectivity index (χ4n) is 3.14. The van der Waals surface area contributed by atoms with Gasteiger partial charge in [-0.2, -0.15) is 0 Å². The van der Waals surface area contributed by atoms with Gasteiger partial charge in [-0.1, -0.05) is 54.1 Å². The van der Waals surface area contributed by atoms with Crippen LogP contribution in [0.3, 0.4) is 0 Å². The van der Waals surface area contributed by atoms with Crippen molar-refractivity contribution < 1.29 is 14.3 Å². The fourth-order valence-corrected chi connectivity index (χ4v) is 3.31. The molecule has 0 aliphatic heterocycles. The number of amides is 1. The predicted octanol–water partition coefficient (Wildman–Crippen LogP) is 6.07. The second kappa shape index (κ2) is 11.4. The molecule has 0 spiro atoms. The van der Waals surface area contributed by atoms with E-state index < -0.39 is 0 Å². The Morgan fingerprint density at radius 3 is 2.42 bits per heavy atom. The van der Waals surface area contributed by atoms with E-state index in [4.69, 9.17) is 21.1 Å². The first-order valence-electron chi connectivity index (χ1n) is 10.5. The van der Waals surface area contributed by atoms with Crippen molar-refractivity contribution in [3.63, 3.8) is 0 Å². The zero-order chi connectivity index (χ0) is 22.1. The van der Waals surface area contributed by atoms with Gasteiger partial charge in [0, 0.05) is 11.6 Å². The molecule has 0 fully saturated rings. The Labute approximate surface area is 189 Å². The molecule has 0 radical (unpaired) electrons. The van der Waals surface area contributed by atoms with Crippen LogP contribution in [0, 0.1) is 0 Å². The number of benzene rings is 3. The lowest BCUT2D eigenvalue weighted by Gasteiger charge is -2.13. The van der Waals surface area contributed by atoms with Gasteiger partial charge < -0.3 is 14.8 Å². The van der Waals surface area contributed by atoms with Crippen LogP contribution >= 0.6 is 11.6 Å². The van der Waals surface area contributed by atoms with Crippen molar-refractivity contribution in [2.45, 2.75) is 39.4 Å². The predicted molar refractivity (Wildman–Crippen MR) is 125 cm³/mol. The van der Waals surface area contributed by atoms with Crippen LogP contribution in [-0.2, 0) is 13.0 Å². The third-order valence-electron chi connectivity index (χ3n) is 4.65. The average molecular weight is 438 g/mol. The number of nitrogens with one attached hydrogen (secondary N) is 1. The van der Waals surface area contributed by atoms with Crippen LogP contribution in [0.4, 0.5) is 0 Å². The van der Waals surface area contributed by atoms with E-state index in [0.29, 0.717) is 29.5 Å². The number of hydrogen-bond donors (Lipinski definition) is 1. The lowest BCUT2D eigenvalue weighted by molar-refractivity contribution is 0.0948. The Morgan fingerprint density at radius 2 is 1.71 bits per heavy atom. The van der Waals surface area contributed by atoms with E-state index in [9.17, 15) is 4.79 Å². The van der Waals surface area contributed by atoms with Crippen molar-refractivity contribution in [2.24, 2.45) is 0 Å². The summed E-state index contributed by atoms with van der Waals surface area (Å²) in [6.45, 7) is 4.97. The van der Waals surface area contributed by atoms with E-state index in [2.05, 4.69) is 17.4 Å². The summed E-state index contributed by atoms with van der Waals surface area (Å²) in [5, 5.41) is 3.47. The normalized spacial score (nSPS) is 10.7. The number of ether oxygens (including phenoxy) is 2. The first-order chi connectivity index (χ1) is 15.0. The van der Waals surface area contributed by atoms with Gasteiger partial charge in [0.15, 0.2) is 0 Å². The second-order valence-electron chi connectivity index (χ2n) is 7.58. The number of rotatable bonds is 10. The molecular formula is C26H28ClNO3. The molecule has 3 aromatic carbocycles. The Balaban J connectivity index is 1.51. The molecule has 0 atom stereocenters. The Hall–Kier alpha value is -2.98. The SMILES string of the molecule is CC(C)Oc1ccc(CCCNC(=O)c2cc(Cl)ccc2OCc2ccccc2)cc1. The highest BCUT2D eigenvalue weighted by molar-refractivity contribution is 6.31. The minimum Gasteiger partial charge on any atom is -0.491 e. The van der Waals surface area contributed by atoms with Crippen LogP contribution in [0.2, 0.25) is 5.02 Å². The maximum atomic E-state index is 12.7. The maximum absolute atomic E-state index is 12.7. The summed E-state index contributed by atoms with van der Waals surface area (Å²) in [6.07, 6.45) is 1.86. The first-order valence-corrected chi connectivity index (χ1v) is 10.9. The van der Waals surface area contributed by atoms with E-state index in [1.807, 2.05) is 56.3 Å². The van der Waals surface area contributed by atoms with Gasteiger partial charge in [-0.3, -0.25) is 4.79 Å². The molecule has 4 nitrogen and oxygen atoms in total. The number of carbonyl (C=O) groups is 1. The molecule has 0 aliphatic carbocycles. The molecule has 3 rings (SSSR count). The van der Waals surface area contributed by atoms with Gasteiger partial charge in [0.1, 0.15) is 18.1 Å². The fraction of sp³-hybridized carbons (Fsp3) is 0.269. The van der Waals surface area contributed by atoms with Gasteiger partial charge in [-0.15, -0.1) is 0 Å². The molecule has 0 aliphatic rings. The first kappa shape index (κ1) is 22.7. The molecule has 0 saturated heterocycles. The number of carbonyl (C=O) groups excluding carboxylic acids is 1. The average Bonchev–Trinajstić information content (AvgIpc) is 2.77. The van der Waals surface area contributed by atoms with Gasteiger partial charge in [-0.25, -0.2) is 0 Å². The highest BCUT2D eigenvalue weighted by Gasteiger charge is 2.13. The van der Waals surface area contributed by atoms with Crippen molar-refractivity contribution in [3.8, 4) is 11.5 Å². The minimum atomic E-state index is -0.189. The summed E-state index contributed by atoms with van der Waals surface area (Å²) in [5.74, 6) is 1.20. The van der Waals surface area contributed by atoms with Crippen LogP contribution in [-0.4, -0.2) is 18.6 Å². The van der Waals surface area contributed by atoms with E-state index >= 15 is 0 Å². The molecule has 0 unspecified atom stereocenters. The lowest BCUT2D eigenvalue weighted by atomic mass is 10.1. The van der Waals surface area contributed by atoms with Gasteiger partial charge in [0.05, 0.1) is 11.7 Å². The zero-order valence-corrected chi connectivity index (χ0v) is 18.7. The van der Waals surface area contributed by atoms with E-state index in [-0.39, 0.29) is 12.0 Å². The minimum absolute atomic E-state index is 0.161. The summed E-state index contributed by atoms with van der Waals surface area (Å²) in [5.41, 5.74) is 2.69. The lowest BCUT2D eigenvalue weighted by Crippen LogP contribution is -2.25. The van der Waals surface area contributed by atoms with Crippen molar-refractivity contribution >= 4 is 17.5 Å². The largest absolute Gasteiger partial charge is 0.491 e. The molecule has 0 heterocycles. The van der Waals surface area contributed by atoms with Crippen LogP contribution in [0.1, 0.15) is 41.8 Å². The van der Waals surface area contributed by atoms with Crippen molar-refractivity contribution in [1.82, 2.24) is 5.32 Å². The Morgan fingerprint density at radius 1 is 0.968 bits per heavy atom. The quantitative estimate of drug-likeness (QED) is 0.391. The molecule has 162 valence electrons. The highest BCUT2D eigenvalue weighted by Crippen LogP contribution is 2.24. The Bertz CT molecular complexity index is 972. The van der Waals surface area contributed by atoms with Crippen LogP contribution in [0.15, 0.2) is 72.8 Å². The van der Waals surface area contributed by atoms with E-state index in [0.717, 1.165) is 24.2 Å². The van der Waals surface area contributed by atoms with Crippen molar-refractivity contribution in [1.29, 1.82) is 0 Å². The summed E-state index contributed by atoms with van der Waals surface area (Å²) >= 11 is 6.12. The topological polar surface area (TPSA) is 47.6 Å². The van der Waals surface area contributed by atoms with E-state index in [1.54, 1.807) is 18.2 Å². The van der Waals surface area contributed by atoms with Crippen LogP contribution in [0.25, 0.3) is 0 Å². The van der Waals surface area contributed by atoms with Crippen LogP contribution in [0.5, 0.6) is 11.5 Å². The van der Waals surface area contributed by atoms with Crippen molar-refractivity contribution in [3.05, 3.63) is 94.5 Å². The van der Waals surface area contributed by atoms with Crippen molar-refractivity contribution in [2.75, 3.05) is 6.54 Å². The molecule has 0 saturated carbocycles. The molecule has 1 N–H and O–H groups in total. The standard InChI is InChI=1S/C26H28ClNO3/c1-19(2)31-23-13-10-20(11-14-23)9-6-16-28-26(29)24-17-22(27)12-15-25(24)30-18-21-7-4-3-5-8-21/h3-5,7-8,10-15,17,19H,6,9,16,18H2,1-2H3,(H,28,29). The smallest absolute Gasteiger partial charge is 0.255 e. The molecular weight excluding hydrogens is 410 g/mol. The molecule has 31 heavy (non-hydrogen) atoms. The highest BCUT2D eigenvalue weighted by atomic mass is 35.5. The Kier molecular flexibility index (Phi) is 8.36. The zero-order valence-electron chi connectivity index (χ0n) is 17.9. The molecule has 3 aromatic rings. The van der Waals surface area contributed by atoms with Gasteiger partial charge in [-0.05, 0) is 68.1 Å². The van der Waals surface area contributed by atoms with Gasteiger partial charge in [0.25, 0.3) is 5.91 Å². The molecule has 0 bridgehead atoms. The number of halogens is 1.